The third-order valence-electron chi connectivity index (χ3n) is 3.79. The molecule has 0 heterocycles. The molecule has 0 aliphatic carbocycles. The molecule has 1 nitrogen and oxygen atoms in total. The van der Waals surface area contributed by atoms with Crippen LogP contribution in [0.1, 0.15) is 0 Å². The van der Waals surface area contributed by atoms with Crippen molar-refractivity contribution < 1.29 is 0 Å². The van der Waals surface area contributed by atoms with Crippen LogP contribution in [0.25, 0.3) is 21.5 Å². The minimum atomic E-state index is 1.11. The fraction of sp³-hybridized carbons (Fsp3) is 0. The van der Waals surface area contributed by atoms with Gasteiger partial charge in [0.2, 0.25) is 0 Å². The van der Waals surface area contributed by atoms with Crippen molar-refractivity contribution in [2.45, 2.75) is 0 Å². The summed E-state index contributed by atoms with van der Waals surface area (Å²) in [5, 5.41) is 8.52. The molecule has 0 bridgehead atoms. The summed E-state index contributed by atoms with van der Waals surface area (Å²) in [5.74, 6) is 0. The maximum atomic E-state index is 3.49. The zero-order valence-corrected chi connectivity index (χ0v) is 11.6. The molecule has 1 heteroatoms. The fourth-order valence-corrected chi connectivity index (χ4v) is 2.70. The molecule has 0 saturated carbocycles. The first-order valence-electron chi connectivity index (χ1n) is 7.13. The van der Waals surface area contributed by atoms with Crippen molar-refractivity contribution in [3.63, 3.8) is 0 Å². The van der Waals surface area contributed by atoms with Crippen molar-refractivity contribution in [1.82, 2.24) is 0 Å². The maximum Gasteiger partial charge on any atom is 0.0390 e. The van der Waals surface area contributed by atoms with E-state index < -0.39 is 0 Å². The summed E-state index contributed by atoms with van der Waals surface area (Å²) in [7, 11) is 0. The van der Waals surface area contributed by atoms with E-state index in [0.717, 1.165) is 11.4 Å². The van der Waals surface area contributed by atoms with Gasteiger partial charge in [0.15, 0.2) is 0 Å². The third-order valence-corrected chi connectivity index (χ3v) is 3.79. The van der Waals surface area contributed by atoms with Gasteiger partial charge in [-0.05, 0) is 45.8 Å². The van der Waals surface area contributed by atoms with Crippen LogP contribution in [-0.2, 0) is 0 Å². The SMILES string of the molecule is c1ccc2cc(Nc3ccc4ccccc4c3)ccc2c1. The van der Waals surface area contributed by atoms with Crippen molar-refractivity contribution >= 4 is 32.9 Å². The highest BCUT2D eigenvalue weighted by molar-refractivity contribution is 5.89. The molecule has 0 atom stereocenters. The largest absolute Gasteiger partial charge is 0.355 e. The molecular formula is C20H15N. The van der Waals surface area contributed by atoms with Gasteiger partial charge in [-0.3, -0.25) is 0 Å². The first-order valence-corrected chi connectivity index (χ1v) is 7.13. The van der Waals surface area contributed by atoms with E-state index in [1.54, 1.807) is 0 Å². The van der Waals surface area contributed by atoms with Crippen LogP contribution in [-0.4, -0.2) is 0 Å². The lowest BCUT2D eigenvalue weighted by Crippen LogP contribution is -1.90. The van der Waals surface area contributed by atoms with Crippen molar-refractivity contribution in [3.05, 3.63) is 84.9 Å². The molecule has 21 heavy (non-hydrogen) atoms. The summed E-state index contributed by atoms with van der Waals surface area (Å²) >= 11 is 0. The quantitative estimate of drug-likeness (QED) is 0.489. The number of rotatable bonds is 2. The van der Waals surface area contributed by atoms with Gasteiger partial charge in [0, 0.05) is 11.4 Å². The number of fused-ring (bicyclic) bond motifs is 2. The molecule has 4 aromatic rings. The second kappa shape index (κ2) is 4.95. The Hall–Kier alpha value is -2.80. The highest BCUT2D eigenvalue weighted by Gasteiger charge is 1.99. The average Bonchev–Trinajstić information content (AvgIpc) is 2.55. The van der Waals surface area contributed by atoms with E-state index in [-0.39, 0.29) is 0 Å². The highest BCUT2D eigenvalue weighted by atomic mass is 14.9. The predicted octanol–water partition coefficient (Wildman–Crippen LogP) is 5.74. The van der Waals surface area contributed by atoms with Gasteiger partial charge in [0.05, 0.1) is 0 Å². The Balaban J connectivity index is 1.71. The average molecular weight is 269 g/mol. The number of hydrogen-bond donors (Lipinski definition) is 1. The zero-order chi connectivity index (χ0) is 14.1. The molecule has 100 valence electrons. The Morgan fingerprint density at radius 2 is 0.857 bits per heavy atom. The Kier molecular flexibility index (Phi) is 2.82. The van der Waals surface area contributed by atoms with Crippen LogP contribution < -0.4 is 5.32 Å². The molecular weight excluding hydrogens is 254 g/mol. The summed E-state index contributed by atoms with van der Waals surface area (Å²) in [5.41, 5.74) is 2.23. The lowest BCUT2D eigenvalue weighted by Gasteiger charge is -2.09. The van der Waals surface area contributed by atoms with Gasteiger partial charge in [-0.1, -0.05) is 60.7 Å². The molecule has 4 aromatic carbocycles. The molecule has 0 aliphatic rings. The predicted molar refractivity (Wildman–Crippen MR) is 91.2 cm³/mol. The molecule has 0 amide bonds. The fourth-order valence-electron chi connectivity index (χ4n) is 2.70. The Bertz CT molecular complexity index is 847. The monoisotopic (exact) mass is 269 g/mol. The molecule has 1 N–H and O–H groups in total. The summed E-state index contributed by atoms with van der Waals surface area (Å²) in [6.45, 7) is 0. The molecule has 0 saturated heterocycles. The highest BCUT2D eigenvalue weighted by Crippen LogP contribution is 2.24. The number of hydrogen-bond acceptors (Lipinski definition) is 1. The first-order chi connectivity index (χ1) is 10.4. The van der Waals surface area contributed by atoms with Gasteiger partial charge in [0.25, 0.3) is 0 Å². The van der Waals surface area contributed by atoms with Crippen LogP contribution in [0.4, 0.5) is 11.4 Å². The normalized spacial score (nSPS) is 10.9. The summed E-state index contributed by atoms with van der Waals surface area (Å²) in [4.78, 5) is 0. The van der Waals surface area contributed by atoms with Crippen LogP contribution >= 0.6 is 0 Å². The van der Waals surface area contributed by atoms with Gasteiger partial charge in [-0.15, -0.1) is 0 Å². The Morgan fingerprint density at radius 1 is 0.429 bits per heavy atom. The molecule has 4 rings (SSSR count). The van der Waals surface area contributed by atoms with E-state index in [1.807, 2.05) is 0 Å². The van der Waals surface area contributed by atoms with Crippen molar-refractivity contribution in [1.29, 1.82) is 0 Å². The topological polar surface area (TPSA) is 12.0 Å². The minimum Gasteiger partial charge on any atom is -0.355 e. The second-order valence-corrected chi connectivity index (χ2v) is 5.25. The van der Waals surface area contributed by atoms with Crippen LogP contribution in [0.2, 0.25) is 0 Å². The van der Waals surface area contributed by atoms with Crippen molar-refractivity contribution in [2.75, 3.05) is 5.32 Å². The zero-order valence-electron chi connectivity index (χ0n) is 11.6. The number of nitrogens with one attached hydrogen (secondary N) is 1. The van der Waals surface area contributed by atoms with E-state index in [1.165, 1.54) is 21.5 Å². The smallest absolute Gasteiger partial charge is 0.0390 e. The van der Waals surface area contributed by atoms with Gasteiger partial charge in [-0.25, -0.2) is 0 Å². The lowest BCUT2D eigenvalue weighted by molar-refractivity contribution is 1.59. The molecule has 0 unspecified atom stereocenters. The van der Waals surface area contributed by atoms with E-state index in [9.17, 15) is 0 Å². The lowest BCUT2D eigenvalue weighted by atomic mass is 10.1. The first kappa shape index (κ1) is 12.0. The van der Waals surface area contributed by atoms with E-state index in [0.29, 0.717) is 0 Å². The molecule has 0 spiro atoms. The third kappa shape index (κ3) is 2.34. The molecule has 0 aromatic heterocycles. The molecule has 0 radical (unpaired) electrons. The van der Waals surface area contributed by atoms with E-state index >= 15 is 0 Å². The molecule has 0 aliphatic heterocycles. The summed E-state index contributed by atoms with van der Waals surface area (Å²) < 4.78 is 0. The van der Waals surface area contributed by atoms with Crippen LogP contribution in [0.15, 0.2) is 84.9 Å². The van der Waals surface area contributed by atoms with E-state index in [2.05, 4.69) is 90.2 Å². The standard InChI is InChI=1S/C20H15N/c1-3-7-17-13-19(11-9-15(17)5-1)21-20-12-10-16-6-2-4-8-18(16)14-20/h1-14,21H. The van der Waals surface area contributed by atoms with Gasteiger partial charge >= 0.3 is 0 Å². The second-order valence-electron chi connectivity index (χ2n) is 5.25. The van der Waals surface area contributed by atoms with Crippen molar-refractivity contribution in [2.24, 2.45) is 0 Å². The van der Waals surface area contributed by atoms with Crippen LogP contribution in [0.5, 0.6) is 0 Å². The van der Waals surface area contributed by atoms with Crippen molar-refractivity contribution in [3.8, 4) is 0 Å². The van der Waals surface area contributed by atoms with Gasteiger partial charge in [0.1, 0.15) is 0 Å². The molecule has 0 fully saturated rings. The van der Waals surface area contributed by atoms with Crippen LogP contribution in [0, 0.1) is 0 Å². The maximum absolute atomic E-state index is 3.49. The minimum absolute atomic E-state index is 1.11. The van der Waals surface area contributed by atoms with E-state index in [4.69, 9.17) is 0 Å². The van der Waals surface area contributed by atoms with Gasteiger partial charge in [-0.2, -0.15) is 0 Å². The Morgan fingerprint density at radius 3 is 1.33 bits per heavy atom. The summed E-state index contributed by atoms with van der Waals surface area (Å²) in [6, 6.07) is 29.7. The van der Waals surface area contributed by atoms with Gasteiger partial charge < -0.3 is 5.32 Å². The van der Waals surface area contributed by atoms with Crippen LogP contribution in [0.3, 0.4) is 0 Å². The number of anilines is 2. The number of benzene rings is 4. The summed E-state index contributed by atoms with van der Waals surface area (Å²) in [6.07, 6.45) is 0. The Labute approximate surface area is 123 Å².